The Labute approximate surface area is 169 Å². The van der Waals surface area contributed by atoms with Crippen molar-refractivity contribution >= 4 is 28.5 Å². The third-order valence-electron chi connectivity index (χ3n) is 4.17. The Kier molecular flexibility index (Phi) is 5.73. The van der Waals surface area contributed by atoms with E-state index in [1.165, 1.54) is 0 Å². The number of alkyl carbamates (subject to hydrolysis) is 1. The van der Waals surface area contributed by atoms with Crippen molar-refractivity contribution in [2.45, 2.75) is 32.9 Å². The number of aromatic hydroxyl groups is 1. The fraction of sp³-hybridized carbons (Fsp3) is 0.217. The zero-order valence-corrected chi connectivity index (χ0v) is 16.7. The van der Waals surface area contributed by atoms with Crippen molar-refractivity contribution in [3.05, 3.63) is 71.8 Å². The van der Waals surface area contributed by atoms with Crippen LogP contribution >= 0.6 is 0 Å². The molecule has 0 aromatic heterocycles. The molecular formula is C23H24N2O4. The number of benzene rings is 3. The average molecular weight is 392 g/mol. The lowest BCUT2D eigenvalue weighted by Gasteiger charge is -2.19. The van der Waals surface area contributed by atoms with Gasteiger partial charge in [0.15, 0.2) is 0 Å². The Morgan fingerprint density at radius 1 is 0.966 bits per heavy atom. The largest absolute Gasteiger partial charge is 0.507 e. The van der Waals surface area contributed by atoms with Gasteiger partial charge in [-0.1, -0.05) is 36.4 Å². The summed E-state index contributed by atoms with van der Waals surface area (Å²) in [5.74, 6) is -0.474. The van der Waals surface area contributed by atoms with Crippen molar-refractivity contribution < 1.29 is 19.4 Å². The third-order valence-corrected chi connectivity index (χ3v) is 4.17. The van der Waals surface area contributed by atoms with E-state index in [0.717, 1.165) is 16.3 Å². The number of carbonyl (C=O) groups is 2. The van der Waals surface area contributed by atoms with Crippen molar-refractivity contribution in [1.82, 2.24) is 5.32 Å². The minimum Gasteiger partial charge on any atom is -0.507 e. The number of nitrogens with one attached hydrogen (secondary N) is 2. The highest BCUT2D eigenvalue weighted by molar-refractivity contribution is 6.08. The van der Waals surface area contributed by atoms with Gasteiger partial charge in [-0.15, -0.1) is 0 Å². The van der Waals surface area contributed by atoms with Gasteiger partial charge in [0.25, 0.3) is 5.91 Å². The average Bonchev–Trinajstić information content (AvgIpc) is 2.65. The molecule has 0 atom stereocenters. The quantitative estimate of drug-likeness (QED) is 0.594. The summed E-state index contributed by atoms with van der Waals surface area (Å²) in [6.07, 6.45) is -0.485. The molecular weight excluding hydrogens is 368 g/mol. The van der Waals surface area contributed by atoms with Crippen molar-refractivity contribution in [2.24, 2.45) is 0 Å². The molecule has 0 unspecified atom stereocenters. The van der Waals surface area contributed by atoms with E-state index in [1.54, 1.807) is 36.4 Å². The summed E-state index contributed by atoms with van der Waals surface area (Å²) < 4.78 is 5.18. The highest BCUT2D eigenvalue weighted by atomic mass is 16.5. The van der Waals surface area contributed by atoms with E-state index in [9.17, 15) is 14.7 Å². The zero-order chi connectivity index (χ0) is 21.0. The van der Waals surface area contributed by atoms with Crippen molar-refractivity contribution in [3.63, 3.8) is 0 Å². The predicted octanol–water partition coefficient (Wildman–Crippen LogP) is 4.82. The van der Waals surface area contributed by atoms with Crippen LogP contribution in [0, 0.1) is 0 Å². The highest BCUT2D eigenvalue weighted by Gasteiger charge is 2.15. The molecule has 0 saturated heterocycles. The van der Waals surface area contributed by atoms with Crippen molar-refractivity contribution in [2.75, 3.05) is 5.32 Å². The normalized spacial score (nSPS) is 11.1. The topological polar surface area (TPSA) is 87.7 Å². The second kappa shape index (κ2) is 8.22. The van der Waals surface area contributed by atoms with E-state index in [-0.39, 0.29) is 23.5 Å². The van der Waals surface area contributed by atoms with Gasteiger partial charge in [-0.05, 0) is 61.4 Å². The molecule has 29 heavy (non-hydrogen) atoms. The number of amides is 2. The lowest BCUT2D eigenvalue weighted by molar-refractivity contribution is 0.102. The van der Waals surface area contributed by atoms with Crippen LogP contribution in [0.2, 0.25) is 0 Å². The van der Waals surface area contributed by atoms with Crippen LogP contribution in [-0.2, 0) is 11.3 Å². The van der Waals surface area contributed by atoms with Gasteiger partial charge >= 0.3 is 6.09 Å². The molecule has 150 valence electrons. The molecule has 6 nitrogen and oxygen atoms in total. The molecule has 0 spiro atoms. The number of anilines is 1. The highest BCUT2D eigenvalue weighted by Crippen LogP contribution is 2.26. The Morgan fingerprint density at radius 3 is 2.21 bits per heavy atom. The maximum atomic E-state index is 12.6. The molecule has 3 aromatic rings. The summed E-state index contributed by atoms with van der Waals surface area (Å²) in [4.78, 5) is 24.3. The van der Waals surface area contributed by atoms with Gasteiger partial charge in [0, 0.05) is 11.2 Å². The van der Waals surface area contributed by atoms with E-state index in [4.69, 9.17) is 4.74 Å². The van der Waals surface area contributed by atoms with Crippen LogP contribution in [0.25, 0.3) is 10.8 Å². The van der Waals surface area contributed by atoms with E-state index < -0.39 is 12.0 Å². The molecule has 2 amide bonds. The lowest BCUT2D eigenvalue weighted by atomic mass is 10.1. The summed E-state index contributed by atoms with van der Waals surface area (Å²) in [5.41, 5.74) is 1.21. The number of carbonyl (C=O) groups excluding carboxylic acids is 2. The minimum absolute atomic E-state index is 0.0731. The van der Waals surface area contributed by atoms with Crippen LogP contribution in [0.5, 0.6) is 5.75 Å². The molecule has 0 aliphatic carbocycles. The Bertz CT molecular complexity index is 1040. The standard InChI is InChI=1S/C23H24N2O4/c1-23(2,3)25-22(28)29-14-15-8-10-18(11-9-15)24-21(27)19-12-16-6-4-5-7-17(16)13-20(19)26/h4-13,26H,14H2,1-3H3,(H,24,27)(H,25,28). The zero-order valence-electron chi connectivity index (χ0n) is 16.7. The number of hydrogen-bond acceptors (Lipinski definition) is 4. The number of phenolic OH excluding ortho intramolecular Hbond substituents is 1. The molecule has 0 heterocycles. The first kappa shape index (κ1) is 20.2. The number of hydrogen-bond donors (Lipinski definition) is 3. The molecule has 0 aliphatic rings. The van der Waals surface area contributed by atoms with Crippen LogP contribution in [0.3, 0.4) is 0 Å². The monoisotopic (exact) mass is 392 g/mol. The fourth-order valence-electron chi connectivity index (χ4n) is 2.78. The van der Waals surface area contributed by atoms with E-state index in [2.05, 4.69) is 10.6 Å². The van der Waals surface area contributed by atoms with Gasteiger partial charge < -0.3 is 20.5 Å². The molecule has 0 aliphatic heterocycles. The predicted molar refractivity (Wildman–Crippen MR) is 113 cm³/mol. The maximum Gasteiger partial charge on any atom is 0.407 e. The van der Waals surface area contributed by atoms with Gasteiger partial charge in [-0.2, -0.15) is 0 Å². The SMILES string of the molecule is CC(C)(C)NC(=O)OCc1ccc(NC(=O)c2cc3ccccc3cc2O)cc1. The smallest absolute Gasteiger partial charge is 0.407 e. The number of fused-ring (bicyclic) bond motifs is 1. The van der Waals surface area contributed by atoms with Crippen LogP contribution in [0.15, 0.2) is 60.7 Å². The molecule has 0 bridgehead atoms. The first-order chi connectivity index (χ1) is 13.7. The summed E-state index contributed by atoms with van der Waals surface area (Å²) in [6, 6.07) is 17.7. The number of phenols is 1. The first-order valence-electron chi connectivity index (χ1n) is 9.28. The molecule has 0 saturated carbocycles. The second-order valence-electron chi connectivity index (χ2n) is 7.82. The Balaban J connectivity index is 1.63. The molecule has 0 radical (unpaired) electrons. The van der Waals surface area contributed by atoms with Gasteiger partial charge in [0.1, 0.15) is 12.4 Å². The van der Waals surface area contributed by atoms with Crippen LogP contribution in [0.1, 0.15) is 36.7 Å². The Hall–Kier alpha value is -3.54. The van der Waals surface area contributed by atoms with Gasteiger partial charge in [-0.25, -0.2) is 4.79 Å². The molecule has 3 N–H and O–H groups in total. The van der Waals surface area contributed by atoms with Crippen molar-refractivity contribution in [3.8, 4) is 5.75 Å². The van der Waals surface area contributed by atoms with Crippen LogP contribution in [-0.4, -0.2) is 22.6 Å². The maximum absolute atomic E-state index is 12.6. The summed E-state index contributed by atoms with van der Waals surface area (Å²) in [5, 5.41) is 17.4. The van der Waals surface area contributed by atoms with Crippen LogP contribution in [0.4, 0.5) is 10.5 Å². The first-order valence-corrected chi connectivity index (χ1v) is 9.28. The summed E-state index contributed by atoms with van der Waals surface area (Å²) in [7, 11) is 0. The molecule has 0 fully saturated rings. The fourth-order valence-corrected chi connectivity index (χ4v) is 2.78. The summed E-state index contributed by atoms with van der Waals surface area (Å²) >= 11 is 0. The summed E-state index contributed by atoms with van der Waals surface area (Å²) in [6.45, 7) is 5.75. The molecule has 3 rings (SSSR count). The third kappa shape index (κ3) is 5.48. The number of rotatable bonds is 4. The minimum atomic E-state index is -0.485. The number of ether oxygens (including phenoxy) is 1. The van der Waals surface area contributed by atoms with E-state index in [1.807, 2.05) is 45.0 Å². The van der Waals surface area contributed by atoms with E-state index in [0.29, 0.717) is 5.69 Å². The second-order valence-corrected chi connectivity index (χ2v) is 7.82. The van der Waals surface area contributed by atoms with Gasteiger partial charge in [0.2, 0.25) is 0 Å². The Morgan fingerprint density at radius 2 is 1.59 bits per heavy atom. The molecule has 3 aromatic carbocycles. The lowest BCUT2D eigenvalue weighted by Crippen LogP contribution is -2.40. The van der Waals surface area contributed by atoms with Crippen LogP contribution < -0.4 is 10.6 Å². The molecule has 6 heteroatoms. The van der Waals surface area contributed by atoms with Gasteiger partial charge in [-0.3, -0.25) is 4.79 Å². The van der Waals surface area contributed by atoms with E-state index >= 15 is 0 Å². The van der Waals surface area contributed by atoms with Gasteiger partial charge in [0.05, 0.1) is 5.56 Å². The van der Waals surface area contributed by atoms with Crippen molar-refractivity contribution in [1.29, 1.82) is 0 Å².